The fraction of sp³-hybridized carbons (Fsp3) is 0.348. The molecule has 1 aliphatic rings. The summed E-state index contributed by atoms with van der Waals surface area (Å²) >= 11 is 0. The zero-order chi connectivity index (χ0) is 22.4. The molecule has 0 spiro atoms. The van der Waals surface area contributed by atoms with Crippen LogP contribution in [-0.2, 0) is 0 Å². The second-order valence-corrected chi connectivity index (χ2v) is 8.58. The summed E-state index contributed by atoms with van der Waals surface area (Å²) in [6.45, 7) is 9.95. The molecule has 0 saturated carbocycles. The Morgan fingerprint density at radius 3 is 2.56 bits per heavy atom. The average molecular weight is 431 g/mol. The van der Waals surface area contributed by atoms with E-state index in [9.17, 15) is 4.79 Å². The summed E-state index contributed by atoms with van der Waals surface area (Å²) in [4.78, 5) is 29.1. The molecule has 32 heavy (non-hydrogen) atoms. The molecule has 2 N–H and O–H groups in total. The number of carbonyl (C=O) groups excluding carboxylic acids is 1. The maximum atomic E-state index is 13.2. The van der Waals surface area contributed by atoms with Gasteiger partial charge >= 0.3 is 0 Å². The topological polar surface area (TPSA) is 100 Å². The molecule has 1 aromatic carbocycles. The van der Waals surface area contributed by atoms with Crippen LogP contribution in [0.4, 0.5) is 11.5 Å². The Morgan fingerprint density at radius 2 is 1.81 bits per heavy atom. The first kappa shape index (κ1) is 20.3. The molecule has 0 bridgehead atoms. The quantitative estimate of drug-likeness (QED) is 0.515. The summed E-state index contributed by atoms with van der Waals surface area (Å²) in [6, 6.07) is 6.35. The number of amides is 1. The Hall–Kier alpha value is -3.59. The van der Waals surface area contributed by atoms with Crippen molar-refractivity contribution in [2.75, 3.05) is 23.3 Å². The second kappa shape index (κ2) is 7.83. The number of hydrogen-bond donors (Lipinski definition) is 2. The minimum atomic E-state index is -0.271. The van der Waals surface area contributed by atoms with E-state index in [4.69, 9.17) is 0 Å². The van der Waals surface area contributed by atoms with Gasteiger partial charge in [-0.05, 0) is 51.5 Å². The Labute approximate surface area is 185 Å². The number of aromatic nitrogens is 5. The molecule has 3 aromatic heterocycles. The summed E-state index contributed by atoms with van der Waals surface area (Å²) < 4.78 is 1.69. The number of carbonyl (C=O) groups is 1. The van der Waals surface area contributed by atoms with Gasteiger partial charge in [0.15, 0.2) is 11.5 Å². The highest BCUT2D eigenvalue weighted by atomic mass is 16.1. The summed E-state index contributed by atoms with van der Waals surface area (Å²) in [5.74, 6) is 0.190. The lowest BCUT2D eigenvalue weighted by molar-refractivity contribution is 0.102. The van der Waals surface area contributed by atoms with E-state index in [0.29, 0.717) is 29.0 Å². The van der Waals surface area contributed by atoms with Crippen LogP contribution in [0.1, 0.15) is 35.5 Å². The number of aryl methyl sites for hydroxylation is 2. The normalized spacial score (nSPS) is 18.9. The number of anilines is 2. The van der Waals surface area contributed by atoms with E-state index in [1.54, 1.807) is 16.9 Å². The first-order chi connectivity index (χ1) is 15.4. The van der Waals surface area contributed by atoms with Gasteiger partial charge in [-0.3, -0.25) is 14.8 Å². The Kier molecular flexibility index (Phi) is 4.97. The van der Waals surface area contributed by atoms with Crippen LogP contribution >= 0.6 is 0 Å². The van der Waals surface area contributed by atoms with E-state index in [1.807, 2.05) is 38.2 Å². The van der Waals surface area contributed by atoms with Gasteiger partial charge in [0.25, 0.3) is 5.91 Å². The molecule has 1 amide bonds. The number of rotatable bonds is 3. The number of benzene rings is 1. The smallest absolute Gasteiger partial charge is 0.259 e. The van der Waals surface area contributed by atoms with Crippen LogP contribution in [-0.4, -0.2) is 55.6 Å². The van der Waals surface area contributed by atoms with Gasteiger partial charge in [0.2, 0.25) is 0 Å². The van der Waals surface area contributed by atoms with Crippen molar-refractivity contribution in [2.45, 2.75) is 39.8 Å². The van der Waals surface area contributed by atoms with Crippen molar-refractivity contribution in [1.29, 1.82) is 0 Å². The summed E-state index contributed by atoms with van der Waals surface area (Å²) in [6.07, 6.45) is 5.13. The minimum absolute atomic E-state index is 0.271. The highest BCUT2D eigenvalue weighted by Gasteiger charge is 2.24. The largest absolute Gasteiger partial charge is 0.367 e. The molecule has 5 rings (SSSR count). The van der Waals surface area contributed by atoms with Crippen molar-refractivity contribution in [3.63, 3.8) is 0 Å². The molecule has 0 unspecified atom stereocenters. The SMILES string of the molecule is Cc1cn2nc(NC(=O)c3ccc(N4C[C@@H](C)N[C@H](C)C4)c4nccnc34)cc(C)c2n1. The van der Waals surface area contributed by atoms with Crippen molar-refractivity contribution in [3.8, 4) is 0 Å². The second-order valence-electron chi connectivity index (χ2n) is 8.58. The van der Waals surface area contributed by atoms with Gasteiger partial charge < -0.3 is 15.5 Å². The van der Waals surface area contributed by atoms with E-state index in [0.717, 1.165) is 41.2 Å². The van der Waals surface area contributed by atoms with Crippen LogP contribution < -0.4 is 15.5 Å². The third-order valence-electron chi connectivity index (χ3n) is 5.72. The Bertz CT molecular complexity index is 1320. The highest BCUT2D eigenvalue weighted by molar-refractivity contribution is 6.12. The molecule has 1 fully saturated rings. The lowest BCUT2D eigenvalue weighted by Gasteiger charge is -2.38. The van der Waals surface area contributed by atoms with E-state index in [1.165, 1.54) is 0 Å². The van der Waals surface area contributed by atoms with Crippen molar-refractivity contribution in [3.05, 3.63) is 53.6 Å². The maximum Gasteiger partial charge on any atom is 0.259 e. The zero-order valence-electron chi connectivity index (χ0n) is 18.6. The van der Waals surface area contributed by atoms with E-state index >= 15 is 0 Å². The molecule has 2 atom stereocenters. The van der Waals surface area contributed by atoms with E-state index < -0.39 is 0 Å². The van der Waals surface area contributed by atoms with Crippen LogP contribution in [0, 0.1) is 13.8 Å². The van der Waals surface area contributed by atoms with Gasteiger partial charge in [-0.2, -0.15) is 0 Å². The standard InChI is InChI=1S/C23H26N8O/c1-13-9-19(29-31-12-16(4)27-22(13)31)28-23(32)17-5-6-18(21-20(17)24-7-8-25-21)30-10-14(2)26-15(3)11-30/h5-9,12,14-15,26H,10-11H2,1-4H3,(H,28,29,32)/t14-,15-/m1/s1. The van der Waals surface area contributed by atoms with Gasteiger partial charge in [0.1, 0.15) is 11.0 Å². The zero-order valence-corrected chi connectivity index (χ0v) is 18.6. The van der Waals surface area contributed by atoms with Crippen LogP contribution in [0.2, 0.25) is 0 Å². The summed E-state index contributed by atoms with van der Waals surface area (Å²) in [5, 5.41) is 10.9. The predicted molar refractivity (Wildman–Crippen MR) is 124 cm³/mol. The van der Waals surface area contributed by atoms with Gasteiger partial charge in [0, 0.05) is 37.6 Å². The van der Waals surface area contributed by atoms with E-state index in [-0.39, 0.29) is 5.91 Å². The number of piperazine rings is 1. The molecule has 164 valence electrons. The van der Waals surface area contributed by atoms with Crippen molar-refractivity contribution < 1.29 is 4.79 Å². The lowest BCUT2D eigenvalue weighted by Crippen LogP contribution is -2.54. The molecule has 4 aromatic rings. The molecular formula is C23H26N8O. The predicted octanol–water partition coefficient (Wildman–Crippen LogP) is 2.73. The van der Waals surface area contributed by atoms with Crippen LogP contribution in [0.25, 0.3) is 16.7 Å². The van der Waals surface area contributed by atoms with Crippen LogP contribution in [0.3, 0.4) is 0 Å². The van der Waals surface area contributed by atoms with Crippen molar-refractivity contribution in [1.82, 2.24) is 29.9 Å². The molecule has 4 heterocycles. The minimum Gasteiger partial charge on any atom is -0.367 e. The third kappa shape index (κ3) is 3.64. The number of nitrogens with one attached hydrogen (secondary N) is 2. The molecule has 0 aliphatic carbocycles. The van der Waals surface area contributed by atoms with Crippen LogP contribution in [0.15, 0.2) is 36.8 Å². The van der Waals surface area contributed by atoms with Gasteiger partial charge in [0.05, 0.1) is 23.1 Å². The molecule has 0 radical (unpaired) electrons. The van der Waals surface area contributed by atoms with Gasteiger partial charge in [-0.25, -0.2) is 9.50 Å². The van der Waals surface area contributed by atoms with Gasteiger partial charge in [-0.1, -0.05) is 0 Å². The highest BCUT2D eigenvalue weighted by Crippen LogP contribution is 2.28. The van der Waals surface area contributed by atoms with Crippen molar-refractivity contribution >= 4 is 34.1 Å². The van der Waals surface area contributed by atoms with Crippen LogP contribution in [0.5, 0.6) is 0 Å². The Balaban J connectivity index is 1.50. The first-order valence-electron chi connectivity index (χ1n) is 10.8. The molecule has 1 saturated heterocycles. The maximum absolute atomic E-state index is 13.2. The van der Waals surface area contributed by atoms with E-state index in [2.05, 4.69) is 49.4 Å². The number of nitrogens with zero attached hydrogens (tertiary/aromatic N) is 6. The number of hydrogen-bond acceptors (Lipinski definition) is 7. The summed E-state index contributed by atoms with van der Waals surface area (Å²) in [7, 11) is 0. The summed E-state index contributed by atoms with van der Waals surface area (Å²) in [5.41, 5.74) is 5.36. The third-order valence-corrected chi connectivity index (χ3v) is 5.72. The number of imidazole rings is 1. The molecule has 1 aliphatic heterocycles. The lowest BCUT2D eigenvalue weighted by atomic mass is 10.1. The fourth-order valence-corrected chi connectivity index (χ4v) is 4.49. The average Bonchev–Trinajstić information content (AvgIpc) is 3.13. The molecule has 9 nitrogen and oxygen atoms in total. The van der Waals surface area contributed by atoms with Gasteiger partial charge in [-0.15, -0.1) is 5.10 Å². The monoisotopic (exact) mass is 430 g/mol. The Morgan fingerprint density at radius 1 is 1.09 bits per heavy atom. The molecule has 9 heteroatoms. The first-order valence-corrected chi connectivity index (χ1v) is 10.8. The fourth-order valence-electron chi connectivity index (χ4n) is 4.49. The van der Waals surface area contributed by atoms with Crippen molar-refractivity contribution in [2.24, 2.45) is 0 Å². The molecular weight excluding hydrogens is 404 g/mol. The number of fused-ring (bicyclic) bond motifs is 2.